The molecule has 0 bridgehead atoms. The number of likely N-dealkylation sites (tertiary alicyclic amines) is 1. The van der Waals surface area contributed by atoms with E-state index < -0.39 is 11.7 Å². The van der Waals surface area contributed by atoms with E-state index in [-0.39, 0.29) is 16.8 Å². The minimum atomic E-state index is -4.50. The highest BCUT2D eigenvalue weighted by atomic mass is 35.5. The highest BCUT2D eigenvalue weighted by Crippen LogP contribution is 2.39. The highest BCUT2D eigenvalue weighted by molar-refractivity contribution is 6.32. The van der Waals surface area contributed by atoms with Crippen molar-refractivity contribution >= 4 is 23.0 Å². The maximum atomic E-state index is 13.0. The van der Waals surface area contributed by atoms with Crippen LogP contribution in [0.15, 0.2) is 12.1 Å². The fraction of sp³-hybridized carbons (Fsp3) is 0.714. The van der Waals surface area contributed by atoms with Gasteiger partial charge in [0, 0.05) is 31.8 Å². The summed E-state index contributed by atoms with van der Waals surface area (Å²) < 4.78 is 44.7. The maximum absolute atomic E-state index is 13.0. The highest BCUT2D eigenvalue weighted by Gasteiger charge is 2.34. The van der Waals surface area contributed by atoms with Crippen molar-refractivity contribution in [3.05, 3.63) is 22.7 Å². The quantitative estimate of drug-likeness (QED) is 0.577. The van der Waals surface area contributed by atoms with E-state index in [1.54, 1.807) is 0 Å². The number of ether oxygens (including phenoxy) is 1. The van der Waals surface area contributed by atoms with Gasteiger partial charge in [-0.3, -0.25) is 0 Å². The average Bonchev–Trinajstić information content (AvgIpc) is 2.69. The Morgan fingerprint density at radius 2 is 1.79 bits per heavy atom. The first-order chi connectivity index (χ1) is 13.8. The largest absolute Gasteiger partial charge is 0.417 e. The number of piperidine rings is 1. The van der Waals surface area contributed by atoms with Gasteiger partial charge in [-0.25, -0.2) is 0 Å². The number of hydrogen-bond acceptors (Lipinski definition) is 4. The Kier molecular flexibility index (Phi) is 7.57. The van der Waals surface area contributed by atoms with Crippen molar-refractivity contribution in [1.82, 2.24) is 4.90 Å². The van der Waals surface area contributed by atoms with Crippen LogP contribution in [-0.4, -0.2) is 42.8 Å². The molecule has 1 aromatic carbocycles. The van der Waals surface area contributed by atoms with Crippen molar-refractivity contribution in [3.8, 4) is 0 Å². The average molecular weight is 434 g/mol. The first-order valence-electron chi connectivity index (χ1n) is 10.6. The zero-order valence-electron chi connectivity index (χ0n) is 16.9. The zero-order valence-corrected chi connectivity index (χ0v) is 17.7. The molecule has 3 N–H and O–H groups in total. The lowest BCUT2D eigenvalue weighted by molar-refractivity contribution is -0.137. The maximum Gasteiger partial charge on any atom is 0.417 e. The predicted molar refractivity (Wildman–Crippen MR) is 111 cm³/mol. The molecule has 0 amide bonds. The van der Waals surface area contributed by atoms with Crippen molar-refractivity contribution in [1.29, 1.82) is 0 Å². The van der Waals surface area contributed by atoms with Crippen molar-refractivity contribution in [2.75, 3.05) is 30.7 Å². The normalized spacial score (nSPS) is 24.6. The summed E-state index contributed by atoms with van der Waals surface area (Å²) in [6.45, 7) is 4.95. The molecule has 164 valence electrons. The number of rotatable bonds is 6. The van der Waals surface area contributed by atoms with Gasteiger partial charge in [0.1, 0.15) is 0 Å². The fourth-order valence-corrected chi connectivity index (χ4v) is 4.69. The second-order valence-electron chi connectivity index (χ2n) is 8.17. The third kappa shape index (κ3) is 5.92. The van der Waals surface area contributed by atoms with Crippen LogP contribution >= 0.6 is 11.6 Å². The predicted octanol–water partition coefficient (Wildman–Crippen LogP) is 5.56. The summed E-state index contributed by atoms with van der Waals surface area (Å²) in [7, 11) is 0. The van der Waals surface area contributed by atoms with Gasteiger partial charge in [-0.2, -0.15) is 13.2 Å². The lowest BCUT2D eigenvalue weighted by Gasteiger charge is -2.41. The van der Waals surface area contributed by atoms with E-state index in [1.165, 1.54) is 18.9 Å². The summed E-state index contributed by atoms with van der Waals surface area (Å²) in [4.78, 5) is 2.55. The number of benzene rings is 1. The Morgan fingerprint density at radius 3 is 2.38 bits per heavy atom. The molecule has 1 aliphatic heterocycles. The molecule has 1 saturated heterocycles. The number of anilines is 2. The summed E-state index contributed by atoms with van der Waals surface area (Å²) in [6, 6.07) is 3.01. The molecule has 2 fully saturated rings. The van der Waals surface area contributed by atoms with E-state index in [9.17, 15) is 13.2 Å². The van der Waals surface area contributed by atoms with E-state index >= 15 is 0 Å². The summed E-state index contributed by atoms with van der Waals surface area (Å²) in [5.74, 6) is 0. The summed E-state index contributed by atoms with van der Waals surface area (Å²) >= 11 is 5.84. The smallest absolute Gasteiger partial charge is 0.397 e. The second-order valence-corrected chi connectivity index (χ2v) is 8.58. The van der Waals surface area contributed by atoms with Gasteiger partial charge in [0.25, 0.3) is 0 Å². The molecule has 0 aromatic heterocycles. The van der Waals surface area contributed by atoms with E-state index in [0.717, 1.165) is 57.9 Å². The molecule has 29 heavy (non-hydrogen) atoms. The summed E-state index contributed by atoms with van der Waals surface area (Å²) in [5, 5.41) is 2.97. The Morgan fingerprint density at radius 1 is 1.14 bits per heavy atom. The van der Waals surface area contributed by atoms with Crippen molar-refractivity contribution in [3.63, 3.8) is 0 Å². The SMILES string of the molecule is CCCO[C@H]1CC[C@H](N2CCC(Nc3cc(Cl)c(C(F)(F)F)cc3N)CC2)CC1. The van der Waals surface area contributed by atoms with Gasteiger partial charge < -0.3 is 20.7 Å². The van der Waals surface area contributed by atoms with Crippen LogP contribution in [0.3, 0.4) is 0 Å². The molecule has 1 aliphatic carbocycles. The molecular formula is C21H31ClF3N3O. The van der Waals surface area contributed by atoms with Gasteiger partial charge in [-0.05, 0) is 57.1 Å². The molecule has 1 saturated carbocycles. The lowest BCUT2D eigenvalue weighted by Crippen LogP contribution is -2.46. The standard InChI is InChI=1S/C21H31ClF3N3O/c1-2-11-29-16-5-3-15(4-6-16)28-9-7-14(8-10-28)27-20-13-18(22)17(12-19(20)26)21(23,24)25/h12-16,27H,2-11,26H2,1H3/t15-,16-. The molecule has 1 aromatic rings. The van der Waals surface area contributed by atoms with Crippen molar-refractivity contribution in [2.45, 2.75) is 76.2 Å². The minimum Gasteiger partial charge on any atom is -0.397 e. The van der Waals surface area contributed by atoms with Crippen LogP contribution in [-0.2, 0) is 10.9 Å². The third-order valence-corrected chi connectivity index (χ3v) is 6.36. The van der Waals surface area contributed by atoms with Gasteiger partial charge in [0.05, 0.1) is 28.1 Å². The van der Waals surface area contributed by atoms with Gasteiger partial charge in [-0.1, -0.05) is 18.5 Å². The molecule has 0 atom stereocenters. The number of alkyl halides is 3. The van der Waals surface area contributed by atoms with E-state index in [4.69, 9.17) is 22.1 Å². The lowest BCUT2D eigenvalue weighted by atomic mass is 9.90. The van der Waals surface area contributed by atoms with Crippen LogP contribution in [0.1, 0.15) is 57.4 Å². The summed E-state index contributed by atoms with van der Waals surface area (Å²) in [5.41, 5.74) is 5.52. The van der Waals surface area contributed by atoms with E-state index in [0.29, 0.717) is 17.8 Å². The monoisotopic (exact) mass is 433 g/mol. The molecular weight excluding hydrogens is 403 g/mol. The number of nitrogens with zero attached hydrogens (tertiary/aromatic N) is 1. The van der Waals surface area contributed by atoms with Crippen LogP contribution < -0.4 is 11.1 Å². The number of nitrogens with one attached hydrogen (secondary N) is 1. The zero-order chi connectivity index (χ0) is 21.0. The number of hydrogen-bond donors (Lipinski definition) is 2. The Hall–Kier alpha value is -1.18. The fourth-order valence-electron chi connectivity index (χ4n) is 4.42. The second kappa shape index (κ2) is 9.75. The third-order valence-electron chi connectivity index (χ3n) is 6.05. The van der Waals surface area contributed by atoms with E-state index in [1.807, 2.05) is 0 Å². The molecule has 1 heterocycles. The van der Waals surface area contributed by atoms with E-state index in [2.05, 4.69) is 17.1 Å². The number of nitrogens with two attached hydrogens (primary N) is 1. The van der Waals surface area contributed by atoms with Gasteiger partial charge >= 0.3 is 6.18 Å². The molecule has 0 radical (unpaired) electrons. The molecule has 4 nitrogen and oxygen atoms in total. The molecule has 0 spiro atoms. The van der Waals surface area contributed by atoms with Crippen LogP contribution in [0.4, 0.5) is 24.5 Å². The van der Waals surface area contributed by atoms with Crippen molar-refractivity contribution < 1.29 is 17.9 Å². The Balaban J connectivity index is 1.49. The molecule has 3 rings (SSSR count). The first kappa shape index (κ1) is 22.5. The molecule has 2 aliphatic rings. The number of nitrogen functional groups attached to an aromatic ring is 1. The van der Waals surface area contributed by atoms with Crippen LogP contribution in [0.25, 0.3) is 0 Å². The van der Waals surface area contributed by atoms with Gasteiger partial charge in [-0.15, -0.1) is 0 Å². The minimum absolute atomic E-state index is 0.0783. The molecule has 0 unspecified atom stereocenters. The molecule has 8 heteroatoms. The van der Waals surface area contributed by atoms with Crippen molar-refractivity contribution in [2.24, 2.45) is 0 Å². The first-order valence-corrected chi connectivity index (χ1v) is 10.9. The van der Waals surface area contributed by atoms with Crippen LogP contribution in [0.5, 0.6) is 0 Å². The Labute approximate surface area is 175 Å². The summed E-state index contributed by atoms with van der Waals surface area (Å²) in [6.07, 6.45) is 3.45. The number of halogens is 4. The topological polar surface area (TPSA) is 50.5 Å². The van der Waals surface area contributed by atoms with Crippen LogP contribution in [0, 0.1) is 0 Å². The van der Waals surface area contributed by atoms with Gasteiger partial charge in [0.2, 0.25) is 0 Å². The Bertz CT molecular complexity index is 670. The van der Waals surface area contributed by atoms with Gasteiger partial charge in [0.15, 0.2) is 0 Å². The van der Waals surface area contributed by atoms with Crippen LogP contribution in [0.2, 0.25) is 5.02 Å².